The summed E-state index contributed by atoms with van der Waals surface area (Å²) in [5.41, 5.74) is 5.98. The molecular formula is C8H15N5. The van der Waals surface area contributed by atoms with Gasteiger partial charge in [0.2, 0.25) is 0 Å². The summed E-state index contributed by atoms with van der Waals surface area (Å²) < 4.78 is 0. The maximum Gasteiger partial charge on any atom is 0.138 e. The standard InChI is InChI=1S/C8H15N5/c1-8(9)2-3-13(5-8)4-7-10-6-11-12-7/h6H,2-5,9H2,1H3,(H,10,11,12). The van der Waals surface area contributed by atoms with E-state index in [-0.39, 0.29) is 5.54 Å². The molecule has 1 atom stereocenters. The largest absolute Gasteiger partial charge is 0.324 e. The number of aromatic amines is 1. The van der Waals surface area contributed by atoms with Gasteiger partial charge in [0.05, 0.1) is 6.54 Å². The Morgan fingerprint density at radius 2 is 2.62 bits per heavy atom. The average molecular weight is 181 g/mol. The van der Waals surface area contributed by atoms with Gasteiger partial charge >= 0.3 is 0 Å². The molecule has 1 aliphatic rings. The average Bonchev–Trinajstić information content (AvgIpc) is 2.61. The maximum absolute atomic E-state index is 6.01. The number of nitrogens with zero attached hydrogens (tertiary/aromatic N) is 3. The second kappa shape index (κ2) is 3.08. The number of rotatable bonds is 2. The highest BCUT2D eigenvalue weighted by Gasteiger charge is 2.29. The van der Waals surface area contributed by atoms with Gasteiger partial charge in [0.15, 0.2) is 0 Å². The first-order chi connectivity index (χ1) is 6.16. The van der Waals surface area contributed by atoms with Crippen molar-refractivity contribution in [3.05, 3.63) is 12.2 Å². The molecule has 0 bridgehead atoms. The van der Waals surface area contributed by atoms with E-state index in [1.807, 2.05) is 0 Å². The molecule has 1 aromatic heterocycles. The second-order valence-corrected chi connectivity index (χ2v) is 4.05. The van der Waals surface area contributed by atoms with Crippen LogP contribution in [0.5, 0.6) is 0 Å². The van der Waals surface area contributed by atoms with Crippen LogP contribution in [0.25, 0.3) is 0 Å². The van der Waals surface area contributed by atoms with Crippen LogP contribution >= 0.6 is 0 Å². The number of likely N-dealkylation sites (tertiary alicyclic amines) is 1. The second-order valence-electron chi connectivity index (χ2n) is 4.05. The molecule has 0 aromatic carbocycles. The van der Waals surface area contributed by atoms with Crippen LogP contribution in [0.15, 0.2) is 6.33 Å². The molecule has 5 nitrogen and oxygen atoms in total. The first kappa shape index (κ1) is 8.65. The molecule has 1 fully saturated rings. The van der Waals surface area contributed by atoms with E-state index in [4.69, 9.17) is 5.73 Å². The normalized spacial score (nSPS) is 29.7. The quantitative estimate of drug-likeness (QED) is 0.658. The van der Waals surface area contributed by atoms with Crippen molar-refractivity contribution in [2.24, 2.45) is 5.73 Å². The van der Waals surface area contributed by atoms with Crippen molar-refractivity contribution >= 4 is 0 Å². The minimum atomic E-state index is -0.0278. The summed E-state index contributed by atoms with van der Waals surface area (Å²) in [7, 11) is 0. The van der Waals surface area contributed by atoms with Crippen molar-refractivity contribution in [3.8, 4) is 0 Å². The fraction of sp³-hybridized carbons (Fsp3) is 0.750. The van der Waals surface area contributed by atoms with E-state index in [0.29, 0.717) is 0 Å². The summed E-state index contributed by atoms with van der Waals surface area (Å²) >= 11 is 0. The van der Waals surface area contributed by atoms with Gasteiger partial charge in [-0.15, -0.1) is 0 Å². The van der Waals surface area contributed by atoms with Gasteiger partial charge in [0.25, 0.3) is 0 Å². The Hall–Kier alpha value is -0.940. The molecule has 2 rings (SSSR count). The van der Waals surface area contributed by atoms with Crippen LogP contribution in [0.1, 0.15) is 19.2 Å². The number of hydrogen-bond acceptors (Lipinski definition) is 4. The van der Waals surface area contributed by atoms with Crippen molar-refractivity contribution in [3.63, 3.8) is 0 Å². The highest BCUT2D eigenvalue weighted by atomic mass is 15.2. The molecule has 0 spiro atoms. The Labute approximate surface area is 77.3 Å². The lowest BCUT2D eigenvalue weighted by molar-refractivity contribution is 0.302. The molecule has 1 saturated heterocycles. The number of H-pyrrole nitrogens is 1. The third kappa shape index (κ3) is 2.05. The Kier molecular flexibility index (Phi) is 2.05. The third-order valence-corrected chi connectivity index (χ3v) is 2.42. The van der Waals surface area contributed by atoms with Crippen LogP contribution in [0.4, 0.5) is 0 Å². The Morgan fingerprint density at radius 3 is 3.15 bits per heavy atom. The minimum Gasteiger partial charge on any atom is -0.324 e. The summed E-state index contributed by atoms with van der Waals surface area (Å²) in [6.07, 6.45) is 2.59. The van der Waals surface area contributed by atoms with E-state index in [0.717, 1.165) is 31.9 Å². The smallest absolute Gasteiger partial charge is 0.138 e. The lowest BCUT2D eigenvalue weighted by Crippen LogP contribution is -2.39. The zero-order chi connectivity index (χ0) is 9.31. The molecule has 0 radical (unpaired) electrons. The van der Waals surface area contributed by atoms with Crippen LogP contribution in [0.2, 0.25) is 0 Å². The van der Waals surface area contributed by atoms with E-state index in [1.165, 1.54) is 6.33 Å². The molecule has 0 saturated carbocycles. The zero-order valence-corrected chi connectivity index (χ0v) is 7.82. The van der Waals surface area contributed by atoms with Gasteiger partial charge in [-0.3, -0.25) is 10.00 Å². The van der Waals surface area contributed by atoms with Crippen molar-refractivity contribution in [1.82, 2.24) is 20.1 Å². The van der Waals surface area contributed by atoms with E-state index < -0.39 is 0 Å². The highest BCUT2D eigenvalue weighted by Crippen LogP contribution is 2.18. The van der Waals surface area contributed by atoms with Gasteiger partial charge in [-0.25, -0.2) is 4.98 Å². The van der Waals surface area contributed by atoms with Crippen LogP contribution < -0.4 is 5.73 Å². The van der Waals surface area contributed by atoms with Crippen molar-refractivity contribution in [2.45, 2.75) is 25.4 Å². The first-order valence-electron chi connectivity index (χ1n) is 4.51. The summed E-state index contributed by atoms with van der Waals surface area (Å²) in [5, 5.41) is 6.65. The van der Waals surface area contributed by atoms with Crippen molar-refractivity contribution in [1.29, 1.82) is 0 Å². The number of nitrogens with one attached hydrogen (secondary N) is 1. The summed E-state index contributed by atoms with van der Waals surface area (Å²) in [5.74, 6) is 0.915. The predicted octanol–water partition coefficient (Wildman–Crippen LogP) is -0.272. The maximum atomic E-state index is 6.01. The molecule has 0 amide bonds. The topological polar surface area (TPSA) is 70.8 Å². The van der Waals surface area contributed by atoms with E-state index in [2.05, 4.69) is 27.0 Å². The monoisotopic (exact) mass is 181 g/mol. The van der Waals surface area contributed by atoms with Gasteiger partial charge in [-0.1, -0.05) is 0 Å². The van der Waals surface area contributed by atoms with Crippen molar-refractivity contribution in [2.75, 3.05) is 13.1 Å². The molecular weight excluding hydrogens is 166 g/mol. The Balaban J connectivity index is 1.91. The first-order valence-corrected chi connectivity index (χ1v) is 4.51. The minimum absolute atomic E-state index is 0.0278. The van der Waals surface area contributed by atoms with E-state index in [9.17, 15) is 0 Å². The SMILES string of the molecule is CC1(N)CCN(Cc2ncn[nH]2)C1. The fourth-order valence-electron chi connectivity index (χ4n) is 1.74. The lowest BCUT2D eigenvalue weighted by Gasteiger charge is -2.18. The zero-order valence-electron chi connectivity index (χ0n) is 7.82. The molecule has 5 heteroatoms. The molecule has 1 aliphatic heterocycles. The number of nitrogens with two attached hydrogens (primary N) is 1. The fourth-order valence-corrected chi connectivity index (χ4v) is 1.74. The molecule has 3 N–H and O–H groups in total. The molecule has 72 valence electrons. The number of hydrogen-bond donors (Lipinski definition) is 2. The van der Waals surface area contributed by atoms with Gasteiger partial charge in [-0.2, -0.15) is 5.10 Å². The van der Waals surface area contributed by atoms with Crippen LogP contribution in [-0.4, -0.2) is 38.7 Å². The van der Waals surface area contributed by atoms with Gasteiger partial charge in [-0.05, 0) is 13.3 Å². The van der Waals surface area contributed by atoms with Crippen molar-refractivity contribution < 1.29 is 0 Å². The highest BCUT2D eigenvalue weighted by molar-refractivity contribution is 4.92. The lowest BCUT2D eigenvalue weighted by atomic mass is 10.0. The Morgan fingerprint density at radius 1 is 1.77 bits per heavy atom. The summed E-state index contributed by atoms with van der Waals surface area (Å²) in [6.45, 7) is 4.90. The molecule has 1 aromatic rings. The van der Waals surface area contributed by atoms with E-state index in [1.54, 1.807) is 0 Å². The Bertz CT molecular complexity index is 266. The summed E-state index contributed by atoms with van der Waals surface area (Å²) in [6, 6.07) is 0. The van der Waals surface area contributed by atoms with Crippen LogP contribution in [-0.2, 0) is 6.54 Å². The number of aromatic nitrogens is 3. The van der Waals surface area contributed by atoms with E-state index >= 15 is 0 Å². The molecule has 2 heterocycles. The predicted molar refractivity (Wildman–Crippen MR) is 48.9 cm³/mol. The summed E-state index contributed by atoms with van der Waals surface area (Å²) in [4.78, 5) is 6.37. The van der Waals surface area contributed by atoms with Crippen LogP contribution in [0.3, 0.4) is 0 Å². The molecule has 1 unspecified atom stereocenters. The molecule has 0 aliphatic carbocycles. The third-order valence-electron chi connectivity index (χ3n) is 2.42. The van der Waals surface area contributed by atoms with Gasteiger partial charge in [0.1, 0.15) is 12.2 Å². The molecule has 13 heavy (non-hydrogen) atoms. The van der Waals surface area contributed by atoms with Gasteiger partial charge in [0, 0.05) is 18.6 Å². The van der Waals surface area contributed by atoms with Gasteiger partial charge < -0.3 is 5.73 Å². The van der Waals surface area contributed by atoms with Crippen LogP contribution in [0, 0.1) is 0 Å².